The van der Waals surface area contributed by atoms with E-state index in [9.17, 15) is 13.2 Å². The van der Waals surface area contributed by atoms with Crippen molar-refractivity contribution in [2.75, 3.05) is 7.11 Å². The Morgan fingerprint density at radius 2 is 1.58 bits per heavy atom. The Labute approximate surface area is 142 Å². The second-order valence-electron chi connectivity index (χ2n) is 5.29. The smallest absolute Gasteiger partial charge is 0.270 e. The van der Waals surface area contributed by atoms with Gasteiger partial charge in [-0.05, 0) is 24.1 Å². The molecule has 1 N–H and O–H groups in total. The van der Waals surface area contributed by atoms with Gasteiger partial charge >= 0.3 is 0 Å². The average molecular weight is 345 g/mol. The van der Waals surface area contributed by atoms with Crippen LogP contribution in [0.4, 0.5) is 0 Å². The fourth-order valence-corrected chi connectivity index (χ4v) is 2.95. The number of carbonyl (C=O) groups excluding carboxylic acids is 1. The van der Waals surface area contributed by atoms with Crippen LogP contribution in [0.2, 0.25) is 0 Å². The van der Waals surface area contributed by atoms with Gasteiger partial charge in [0.1, 0.15) is 0 Å². The monoisotopic (exact) mass is 345 g/mol. The third-order valence-corrected chi connectivity index (χ3v) is 4.60. The maximum absolute atomic E-state index is 12.5. The molecular weight excluding hydrogens is 326 g/mol. The lowest BCUT2D eigenvalue weighted by Gasteiger charge is -2.26. The van der Waals surface area contributed by atoms with Crippen LogP contribution >= 0.6 is 0 Å². The van der Waals surface area contributed by atoms with Gasteiger partial charge in [-0.2, -0.15) is 0 Å². The van der Waals surface area contributed by atoms with Crippen molar-refractivity contribution in [3.8, 4) is 0 Å². The van der Waals surface area contributed by atoms with E-state index in [0.717, 1.165) is 5.41 Å². The first-order chi connectivity index (χ1) is 11.4. The van der Waals surface area contributed by atoms with Gasteiger partial charge in [-0.3, -0.25) is 4.79 Å². The van der Waals surface area contributed by atoms with Crippen molar-refractivity contribution < 1.29 is 17.9 Å². The van der Waals surface area contributed by atoms with Crippen LogP contribution in [0.15, 0.2) is 66.1 Å². The lowest BCUT2D eigenvalue weighted by Crippen LogP contribution is -2.45. The molecule has 1 atom stereocenters. The molecule has 0 saturated heterocycles. The summed E-state index contributed by atoms with van der Waals surface area (Å²) < 4.78 is 31.6. The van der Waals surface area contributed by atoms with Crippen LogP contribution in [0.5, 0.6) is 0 Å². The van der Waals surface area contributed by atoms with Gasteiger partial charge in [-0.15, -0.1) is 0 Å². The van der Waals surface area contributed by atoms with E-state index in [1.165, 1.54) is 20.1 Å². The van der Waals surface area contributed by atoms with E-state index in [1.807, 2.05) is 10.8 Å². The molecule has 0 aromatic heterocycles. The van der Waals surface area contributed by atoms with Gasteiger partial charge in [0, 0.05) is 7.11 Å². The first kappa shape index (κ1) is 17.9. The van der Waals surface area contributed by atoms with Crippen LogP contribution < -0.4 is 4.72 Å². The predicted molar refractivity (Wildman–Crippen MR) is 93.3 cm³/mol. The first-order valence-corrected chi connectivity index (χ1v) is 8.83. The summed E-state index contributed by atoms with van der Waals surface area (Å²) in [6.45, 7) is 1.52. The van der Waals surface area contributed by atoms with Crippen LogP contribution in [0.1, 0.15) is 18.1 Å². The minimum absolute atomic E-state index is 0.562. The molecule has 2 aromatic rings. The number of sulfonamides is 1. The van der Waals surface area contributed by atoms with Crippen LogP contribution in [-0.2, 0) is 25.2 Å². The van der Waals surface area contributed by atoms with Crippen molar-refractivity contribution in [3.05, 3.63) is 77.2 Å². The van der Waals surface area contributed by atoms with Crippen LogP contribution in [-0.4, -0.2) is 21.4 Å². The molecule has 0 bridgehead atoms. The Morgan fingerprint density at radius 3 is 2.12 bits per heavy atom. The second kappa shape index (κ2) is 7.42. The number of methoxy groups -OCH3 is 1. The van der Waals surface area contributed by atoms with Gasteiger partial charge in [0.25, 0.3) is 15.9 Å². The first-order valence-electron chi connectivity index (χ1n) is 7.28. The standard InChI is InChI=1S/C18H19NO4S/c1-18(23-2,16-11-7-4-8-12-16)17(20)19-24(21,22)14-13-15-9-5-3-6-10-15/h3-14H,1-2H3,(H,19,20)/b14-13+/t18-/m0/s1. The van der Waals surface area contributed by atoms with E-state index >= 15 is 0 Å². The molecule has 0 saturated carbocycles. The lowest BCUT2D eigenvalue weighted by atomic mass is 9.95. The number of nitrogens with one attached hydrogen (secondary N) is 1. The highest BCUT2D eigenvalue weighted by Gasteiger charge is 2.37. The maximum atomic E-state index is 12.5. The lowest BCUT2D eigenvalue weighted by molar-refractivity contribution is -0.140. The third kappa shape index (κ3) is 4.31. The average Bonchev–Trinajstić information content (AvgIpc) is 2.60. The molecule has 0 radical (unpaired) electrons. The van der Waals surface area contributed by atoms with Crippen molar-refractivity contribution in [2.45, 2.75) is 12.5 Å². The van der Waals surface area contributed by atoms with E-state index in [4.69, 9.17) is 4.74 Å². The quantitative estimate of drug-likeness (QED) is 0.874. The Hall–Kier alpha value is -2.44. The minimum atomic E-state index is -3.94. The van der Waals surface area contributed by atoms with Gasteiger partial charge in [-0.1, -0.05) is 60.7 Å². The van der Waals surface area contributed by atoms with Crippen molar-refractivity contribution >= 4 is 22.0 Å². The zero-order chi connectivity index (χ0) is 17.6. The number of benzene rings is 2. The van der Waals surface area contributed by atoms with Crippen molar-refractivity contribution in [2.24, 2.45) is 0 Å². The minimum Gasteiger partial charge on any atom is -0.364 e. The second-order valence-corrected chi connectivity index (χ2v) is 6.86. The number of ether oxygens (including phenoxy) is 1. The SMILES string of the molecule is CO[C@](C)(C(=O)NS(=O)(=O)/C=C/c1ccccc1)c1ccccc1. The van der Waals surface area contributed by atoms with Crippen LogP contribution in [0, 0.1) is 0 Å². The summed E-state index contributed by atoms with van der Waals surface area (Å²) in [5.74, 6) is -0.756. The Kier molecular flexibility index (Phi) is 5.54. The number of amides is 1. The molecule has 0 fully saturated rings. The van der Waals surface area contributed by atoms with E-state index < -0.39 is 21.5 Å². The molecule has 0 aliphatic heterocycles. The van der Waals surface area contributed by atoms with E-state index in [0.29, 0.717) is 11.1 Å². The van der Waals surface area contributed by atoms with Gasteiger partial charge in [0.15, 0.2) is 5.60 Å². The summed E-state index contributed by atoms with van der Waals surface area (Å²) >= 11 is 0. The summed E-state index contributed by atoms with van der Waals surface area (Å²) in [5, 5.41) is 0.960. The van der Waals surface area contributed by atoms with Gasteiger partial charge in [0.2, 0.25) is 0 Å². The third-order valence-electron chi connectivity index (χ3n) is 3.64. The van der Waals surface area contributed by atoms with Crippen LogP contribution in [0.25, 0.3) is 6.08 Å². The molecule has 1 amide bonds. The molecule has 24 heavy (non-hydrogen) atoms. The number of hydrogen-bond acceptors (Lipinski definition) is 4. The maximum Gasteiger partial charge on any atom is 0.270 e. The largest absolute Gasteiger partial charge is 0.364 e. The Balaban J connectivity index is 2.19. The molecule has 126 valence electrons. The highest BCUT2D eigenvalue weighted by Crippen LogP contribution is 2.25. The Bertz CT molecular complexity index is 817. The highest BCUT2D eigenvalue weighted by atomic mass is 32.2. The normalized spacial score (nSPS) is 14.2. The molecule has 2 rings (SSSR count). The van der Waals surface area contributed by atoms with E-state index in [-0.39, 0.29) is 0 Å². The molecule has 0 heterocycles. The van der Waals surface area contributed by atoms with Gasteiger partial charge in [0.05, 0.1) is 5.41 Å². The van der Waals surface area contributed by atoms with Crippen molar-refractivity contribution in [1.82, 2.24) is 4.72 Å². The Morgan fingerprint density at radius 1 is 1.04 bits per heavy atom. The van der Waals surface area contributed by atoms with E-state index in [1.54, 1.807) is 54.6 Å². The molecule has 5 nitrogen and oxygen atoms in total. The summed E-state index contributed by atoms with van der Waals surface area (Å²) in [7, 11) is -2.58. The number of hydrogen-bond donors (Lipinski definition) is 1. The highest BCUT2D eigenvalue weighted by molar-refractivity contribution is 7.93. The van der Waals surface area contributed by atoms with E-state index in [2.05, 4.69) is 0 Å². The predicted octanol–water partition coefficient (Wildman–Crippen LogP) is 2.67. The molecule has 6 heteroatoms. The summed E-state index contributed by atoms with van der Waals surface area (Å²) in [6.07, 6.45) is 1.42. The molecule has 0 aliphatic carbocycles. The zero-order valence-corrected chi connectivity index (χ0v) is 14.3. The van der Waals surface area contributed by atoms with Crippen molar-refractivity contribution in [1.29, 1.82) is 0 Å². The van der Waals surface area contributed by atoms with Gasteiger partial charge < -0.3 is 4.74 Å². The topological polar surface area (TPSA) is 72.5 Å². The van der Waals surface area contributed by atoms with Crippen molar-refractivity contribution in [3.63, 3.8) is 0 Å². The summed E-state index contributed by atoms with van der Waals surface area (Å²) in [4.78, 5) is 12.5. The molecule has 0 aliphatic rings. The van der Waals surface area contributed by atoms with Gasteiger partial charge in [-0.25, -0.2) is 13.1 Å². The van der Waals surface area contributed by atoms with Crippen LogP contribution in [0.3, 0.4) is 0 Å². The number of rotatable bonds is 6. The fraction of sp³-hybridized carbons (Fsp3) is 0.167. The summed E-state index contributed by atoms with van der Waals surface area (Å²) in [6, 6.07) is 17.7. The molecule has 2 aromatic carbocycles. The number of carbonyl (C=O) groups is 1. The molecular formula is C18H19NO4S. The fourth-order valence-electron chi connectivity index (χ4n) is 2.09. The summed E-state index contributed by atoms with van der Waals surface area (Å²) in [5.41, 5.74) is -0.130. The molecule has 0 unspecified atom stereocenters. The molecule has 0 spiro atoms. The zero-order valence-electron chi connectivity index (χ0n) is 13.5.